The third-order valence-corrected chi connectivity index (χ3v) is 1.75. The van der Waals surface area contributed by atoms with Crippen LogP contribution in [0, 0.1) is 11.3 Å². The van der Waals surface area contributed by atoms with Crippen molar-refractivity contribution in [1.82, 2.24) is 4.90 Å². The molecule has 0 aliphatic rings. The molecule has 0 spiro atoms. The summed E-state index contributed by atoms with van der Waals surface area (Å²) in [5.41, 5.74) is 0. The summed E-state index contributed by atoms with van der Waals surface area (Å²) in [4.78, 5) is 1.96. The molecule has 0 rings (SSSR count). The monoisotopic (exact) mass is 156 g/mol. The highest BCUT2D eigenvalue weighted by Gasteiger charge is 2.14. The molecule has 64 valence electrons. The van der Waals surface area contributed by atoms with E-state index in [-0.39, 0.29) is 12.6 Å². The molecule has 0 heterocycles. The van der Waals surface area contributed by atoms with Crippen molar-refractivity contribution in [2.75, 3.05) is 13.2 Å². The van der Waals surface area contributed by atoms with E-state index in [1.807, 2.05) is 25.7 Å². The summed E-state index contributed by atoms with van der Waals surface area (Å²) in [5, 5.41) is 17.3. The van der Waals surface area contributed by atoms with Crippen molar-refractivity contribution in [2.45, 2.75) is 32.9 Å². The van der Waals surface area contributed by atoms with Gasteiger partial charge in [-0.2, -0.15) is 5.26 Å². The second-order valence-corrected chi connectivity index (χ2v) is 2.96. The summed E-state index contributed by atoms with van der Waals surface area (Å²) in [5.74, 6) is 0. The number of hydrogen-bond donors (Lipinski definition) is 1. The summed E-state index contributed by atoms with van der Waals surface area (Å²) < 4.78 is 0. The van der Waals surface area contributed by atoms with E-state index in [9.17, 15) is 0 Å². The van der Waals surface area contributed by atoms with Gasteiger partial charge in [0.1, 0.15) is 0 Å². The van der Waals surface area contributed by atoms with Gasteiger partial charge in [-0.15, -0.1) is 0 Å². The van der Waals surface area contributed by atoms with Crippen LogP contribution in [0.25, 0.3) is 0 Å². The molecule has 0 aliphatic heterocycles. The maximum atomic E-state index is 8.83. The molecule has 3 heteroatoms. The van der Waals surface area contributed by atoms with Gasteiger partial charge < -0.3 is 5.11 Å². The third kappa shape index (κ3) is 3.35. The van der Waals surface area contributed by atoms with E-state index >= 15 is 0 Å². The van der Waals surface area contributed by atoms with Gasteiger partial charge in [0.15, 0.2) is 0 Å². The Hall–Kier alpha value is -0.590. The van der Waals surface area contributed by atoms with Crippen LogP contribution in [0.3, 0.4) is 0 Å². The minimum absolute atomic E-state index is 0.0784. The summed E-state index contributed by atoms with van der Waals surface area (Å²) >= 11 is 0. The molecule has 0 aliphatic carbocycles. The largest absolute Gasteiger partial charge is 0.395 e. The summed E-state index contributed by atoms with van der Waals surface area (Å²) in [6.45, 7) is 6.45. The van der Waals surface area contributed by atoms with Crippen molar-refractivity contribution in [3.8, 4) is 6.07 Å². The maximum absolute atomic E-state index is 8.83. The number of rotatable bonds is 4. The second-order valence-electron chi connectivity index (χ2n) is 2.96. The fraction of sp³-hybridized carbons (Fsp3) is 0.875. The van der Waals surface area contributed by atoms with E-state index in [4.69, 9.17) is 10.4 Å². The smallest absolute Gasteiger partial charge is 0.0871 e. The first-order valence-electron chi connectivity index (χ1n) is 3.87. The zero-order valence-electron chi connectivity index (χ0n) is 7.41. The Labute approximate surface area is 68.2 Å². The molecule has 1 unspecified atom stereocenters. The highest BCUT2D eigenvalue weighted by atomic mass is 16.3. The molecular formula is C8H16N2O. The van der Waals surface area contributed by atoms with Crippen molar-refractivity contribution in [3.63, 3.8) is 0 Å². The van der Waals surface area contributed by atoms with Gasteiger partial charge >= 0.3 is 0 Å². The van der Waals surface area contributed by atoms with Gasteiger partial charge in [0.2, 0.25) is 0 Å². The van der Waals surface area contributed by atoms with Crippen LogP contribution in [0.4, 0.5) is 0 Å². The van der Waals surface area contributed by atoms with E-state index < -0.39 is 0 Å². The summed E-state index contributed by atoms with van der Waals surface area (Å²) in [6, 6.07) is 2.47. The minimum atomic E-state index is 0.0784. The van der Waals surface area contributed by atoms with Gasteiger partial charge in [0, 0.05) is 12.1 Å². The molecule has 1 atom stereocenters. The van der Waals surface area contributed by atoms with E-state index in [0.717, 1.165) is 0 Å². The summed E-state index contributed by atoms with van der Waals surface area (Å²) in [7, 11) is 0. The normalized spacial score (nSPS) is 13.5. The highest BCUT2D eigenvalue weighted by molar-refractivity contribution is 4.81. The quantitative estimate of drug-likeness (QED) is 0.606. The van der Waals surface area contributed by atoms with Gasteiger partial charge in [-0.1, -0.05) is 0 Å². The molecule has 0 aromatic heterocycles. The van der Waals surface area contributed by atoms with E-state index in [2.05, 4.69) is 6.07 Å². The van der Waals surface area contributed by atoms with Crippen LogP contribution in [0.1, 0.15) is 20.8 Å². The SMILES string of the molecule is CC(C)N(CC#N)C(C)CO. The van der Waals surface area contributed by atoms with Crippen LogP contribution in [0.15, 0.2) is 0 Å². The Morgan fingerprint density at radius 1 is 1.45 bits per heavy atom. The molecule has 3 nitrogen and oxygen atoms in total. The lowest BCUT2D eigenvalue weighted by Crippen LogP contribution is -2.40. The van der Waals surface area contributed by atoms with Crippen LogP contribution in [0.2, 0.25) is 0 Å². The first kappa shape index (κ1) is 10.4. The molecule has 0 radical (unpaired) electrons. The summed E-state index contributed by atoms with van der Waals surface area (Å²) in [6.07, 6.45) is 0. The van der Waals surface area contributed by atoms with Crippen LogP contribution in [0.5, 0.6) is 0 Å². The molecule has 0 fully saturated rings. The topological polar surface area (TPSA) is 47.3 Å². The van der Waals surface area contributed by atoms with E-state index in [1.54, 1.807) is 0 Å². The average Bonchev–Trinajstić information content (AvgIpc) is 1.98. The average molecular weight is 156 g/mol. The zero-order chi connectivity index (χ0) is 8.85. The van der Waals surface area contributed by atoms with E-state index in [0.29, 0.717) is 12.6 Å². The van der Waals surface area contributed by atoms with Gasteiger partial charge in [0.05, 0.1) is 19.2 Å². The molecule has 0 saturated carbocycles. The van der Waals surface area contributed by atoms with Crippen molar-refractivity contribution in [2.24, 2.45) is 0 Å². The molecule has 0 bridgehead atoms. The van der Waals surface area contributed by atoms with Gasteiger partial charge in [-0.25, -0.2) is 0 Å². The van der Waals surface area contributed by atoms with Gasteiger partial charge in [-0.3, -0.25) is 4.90 Å². The van der Waals surface area contributed by atoms with Crippen molar-refractivity contribution in [1.29, 1.82) is 5.26 Å². The third-order valence-electron chi connectivity index (χ3n) is 1.75. The van der Waals surface area contributed by atoms with Gasteiger partial charge in [0.25, 0.3) is 0 Å². The molecule has 1 N–H and O–H groups in total. The fourth-order valence-corrected chi connectivity index (χ4v) is 1.03. The van der Waals surface area contributed by atoms with E-state index in [1.165, 1.54) is 0 Å². The second kappa shape index (κ2) is 5.11. The number of hydrogen-bond acceptors (Lipinski definition) is 3. The lowest BCUT2D eigenvalue weighted by molar-refractivity contribution is 0.120. The van der Waals surface area contributed by atoms with Crippen molar-refractivity contribution >= 4 is 0 Å². The number of aliphatic hydroxyl groups excluding tert-OH is 1. The number of aliphatic hydroxyl groups is 1. The predicted octanol–water partition coefficient (Wildman–Crippen LogP) is 0.601. The first-order valence-corrected chi connectivity index (χ1v) is 3.87. The first-order chi connectivity index (χ1) is 5.13. The number of nitrogens with zero attached hydrogens (tertiary/aromatic N) is 2. The molecule has 0 amide bonds. The number of nitriles is 1. The van der Waals surface area contributed by atoms with Crippen LogP contribution >= 0.6 is 0 Å². The van der Waals surface area contributed by atoms with Crippen molar-refractivity contribution < 1.29 is 5.11 Å². The van der Waals surface area contributed by atoms with Crippen molar-refractivity contribution in [3.05, 3.63) is 0 Å². The lowest BCUT2D eigenvalue weighted by atomic mass is 10.2. The van der Waals surface area contributed by atoms with Crippen LogP contribution < -0.4 is 0 Å². The van der Waals surface area contributed by atoms with Crippen LogP contribution in [-0.4, -0.2) is 35.2 Å². The molecule has 0 aromatic carbocycles. The Morgan fingerprint density at radius 3 is 2.27 bits per heavy atom. The minimum Gasteiger partial charge on any atom is -0.395 e. The highest BCUT2D eigenvalue weighted by Crippen LogP contribution is 2.03. The molecule has 0 saturated heterocycles. The Balaban J connectivity index is 4.00. The fourth-order valence-electron chi connectivity index (χ4n) is 1.03. The molecule has 11 heavy (non-hydrogen) atoms. The lowest BCUT2D eigenvalue weighted by Gasteiger charge is -2.28. The molecule has 0 aromatic rings. The van der Waals surface area contributed by atoms with Gasteiger partial charge in [-0.05, 0) is 20.8 Å². The Morgan fingerprint density at radius 2 is 2.00 bits per heavy atom. The zero-order valence-corrected chi connectivity index (χ0v) is 7.41. The standard InChI is InChI=1S/C8H16N2O/c1-7(2)10(5-4-9)8(3)6-11/h7-8,11H,5-6H2,1-3H3. The Kier molecular flexibility index (Phi) is 4.84. The Bertz CT molecular complexity index is 140. The maximum Gasteiger partial charge on any atom is 0.0871 e. The predicted molar refractivity (Wildman–Crippen MR) is 44.0 cm³/mol. The molecular weight excluding hydrogens is 140 g/mol. The van der Waals surface area contributed by atoms with Crippen LogP contribution in [-0.2, 0) is 0 Å².